The number of nitrogens with one attached hydrogen (secondary N) is 1. The molecule has 1 atom stereocenters. The van der Waals surface area contributed by atoms with Gasteiger partial charge in [-0.2, -0.15) is 0 Å². The van der Waals surface area contributed by atoms with E-state index in [0.717, 1.165) is 37.9 Å². The van der Waals surface area contributed by atoms with Crippen molar-refractivity contribution in [2.75, 3.05) is 25.5 Å². The van der Waals surface area contributed by atoms with Crippen molar-refractivity contribution in [2.45, 2.75) is 32.2 Å². The predicted molar refractivity (Wildman–Crippen MR) is 97.9 cm³/mol. The zero-order chi connectivity index (χ0) is 18.0. The third kappa shape index (κ3) is 3.66. The fourth-order valence-electron chi connectivity index (χ4n) is 3.25. The molecule has 1 aliphatic rings. The van der Waals surface area contributed by atoms with Gasteiger partial charge in [-0.25, -0.2) is 0 Å². The molecule has 2 N–H and O–H groups in total. The molecule has 7 nitrogen and oxygen atoms in total. The number of anilines is 1. The standard InChI is InChI=1S/C18H25N5O2/c1-4-12-7-8-14(15(24)10-12)17-21-20-16(18(25)23(17)3)19-13-6-5-9-22(2)11-13/h7-8,10,13,24H,4-6,9,11H2,1-3H3,(H,19,20)/t13-/m1/s1. The topological polar surface area (TPSA) is 83.3 Å². The quantitative estimate of drug-likeness (QED) is 0.878. The molecule has 2 heterocycles. The van der Waals surface area contributed by atoms with E-state index in [1.165, 1.54) is 4.57 Å². The van der Waals surface area contributed by atoms with Gasteiger partial charge in [0.05, 0.1) is 5.56 Å². The van der Waals surface area contributed by atoms with Crippen LogP contribution >= 0.6 is 0 Å². The van der Waals surface area contributed by atoms with E-state index in [0.29, 0.717) is 11.4 Å². The van der Waals surface area contributed by atoms with Crippen LogP contribution in [0, 0.1) is 0 Å². The number of hydrogen-bond acceptors (Lipinski definition) is 6. The smallest absolute Gasteiger partial charge is 0.296 e. The summed E-state index contributed by atoms with van der Waals surface area (Å²) in [5.74, 6) is 0.728. The Bertz CT molecular complexity index is 818. The molecule has 0 spiro atoms. The highest BCUT2D eigenvalue weighted by Crippen LogP contribution is 2.27. The van der Waals surface area contributed by atoms with Crippen LogP contribution < -0.4 is 10.9 Å². The summed E-state index contributed by atoms with van der Waals surface area (Å²) in [5.41, 5.74) is 1.30. The summed E-state index contributed by atoms with van der Waals surface area (Å²) in [6.07, 6.45) is 2.94. The number of likely N-dealkylation sites (tertiary alicyclic amines) is 1. The first-order chi connectivity index (χ1) is 12.0. The van der Waals surface area contributed by atoms with Crippen LogP contribution in [0.15, 0.2) is 23.0 Å². The average Bonchev–Trinajstić information content (AvgIpc) is 2.60. The molecule has 1 aromatic carbocycles. The largest absolute Gasteiger partial charge is 0.507 e. The molecular weight excluding hydrogens is 318 g/mol. The maximum atomic E-state index is 12.7. The second-order valence-electron chi connectivity index (χ2n) is 6.69. The highest BCUT2D eigenvalue weighted by molar-refractivity contribution is 5.64. The Kier molecular flexibility index (Phi) is 5.03. The van der Waals surface area contributed by atoms with Crippen molar-refractivity contribution in [3.8, 4) is 17.1 Å². The first-order valence-corrected chi connectivity index (χ1v) is 8.70. The lowest BCUT2D eigenvalue weighted by atomic mass is 10.1. The Labute approximate surface area is 147 Å². The van der Waals surface area contributed by atoms with Gasteiger partial charge < -0.3 is 15.3 Å². The minimum Gasteiger partial charge on any atom is -0.507 e. The highest BCUT2D eigenvalue weighted by atomic mass is 16.3. The van der Waals surface area contributed by atoms with Crippen molar-refractivity contribution in [1.82, 2.24) is 19.7 Å². The zero-order valence-electron chi connectivity index (χ0n) is 15.0. The van der Waals surface area contributed by atoms with Gasteiger partial charge in [-0.15, -0.1) is 10.2 Å². The molecule has 3 rings (SSSR count). The molecule has 1 aliphatic heterocycles. The number of rotatable bonds is 4. The van der Waals surface area contributed by atoms with Gasteiger partial charge in [0, 0.05) is 19.6 Å². The first-order valence-electron chi connectivity index (χ1n) is 8.70. The zero-order valence-corrected chi connectivity index (χ0v) is 15.0. The summed E-state index contributed by atoms with van der Waals surface area (Å²) in [7, 11) is 3.72. The van der Waals surface area contributed by atoms with Crippen LogP contribution in [0.2, 0.25) is 0 Å². The molecule has 1 aromatic heterocycles. The normalized spacial score (nSPS) is 18.3. The van der Waals surface area contributed by atoms with E-state index in [1.807, 2.05) is 13.0 Å². The Morgan fingerprint density at radius 1 is 1.32 bits per heavy atom. The van der Waals surface area contributed by atoms with Gasteiger partial charge in [-0.1, -0.05) is 13.0 Å². The lowest BCUT2D eigenvalue weighted by Crippen LogP contribution is -2.41. The van der Waals surface area contributed by atoms with E-state index >= 15 is 0 Å². The molecule has 7 heteroatoms. The van der Waals surface area contributed by atoms with E-state index < -0.39 is 0 Å². The number of phenols is 1. The number of likely N-dealkylation sites (N-methyl/N-ethyl adjacent to an activating group) is 1. The van der Waals surface area contributed by atoms with Crippen molar-refractivity contribution in [3.05, 3.63) is 34.1 Å². The van der Waals surface area contributed by atoms with Crippen LogP contribution in [0.4, 0.5) is 5.82 Å². The number of phenolic OH excluding ortho intramolecular Hbond substituents is 1. The number of aromatic hydroxyl groups is 1. The van der Waals surface area contributed by atoms with E-state index in [2.05, 4.69) is 27.5 Å². The van der Waals surface area contributed by atoms with Gasteiger partial charge in [0.1, 0.15) is 5.75 Å². The van der Waals surface area contributed by atoms with Crippen LogP contribution in [0.25, 0.3) is 11.4 Å². The van der Waals surface area contributed by atoms with E-state index in [9.17, 15) is 9.90 Å². The molecule has 0 amide bonds. The highest BCUT2D eigenvalue weighted by Gasteiger charge is 2.20. The van der Waals surface area contributed by atoms with Crippen molar-refractivity contribution >= 4 is 5.82 Å². The molecule has 1 saturated heterocycles. The third-order valence-corrected chi connectivity index (χ3v) is 4.75. The van der Waals surface area contributed by atoms with Crippen molar-refractivity contribution in [2.24, 2.45) is 7.05 Å². The van der Waals surface area contributed by atoms with E-state index in [1.54, 1.807) is 19.2 Å². The van der Waals surface area contributed by atoms with Gasteiger partial charge in [-0.05, 0) is 50.6 Å². The third-order valence-electron chi connectivity index (χ3n) is 4.75. The second kappa shape index (κ2) is 7.23. The van der Waals surface area contributed by atoms with Gasteiger partial charge in [0.2, 0.25) is 5.82 Å². The summed E-state index contributed by atoms with van der Waals surface area (Å²) in [4.78, 5) is 14.9. The van der Waals surface area contributed by atoms with Crippen molar-refractivity contribution in [3.63, 3.8) is 0 Å². The van der Waals surface area contributed by atoms with Gasteiger partial charge in [0.15, 0.2) is 5.82 Å². The molecule has 0 saturated carbocycles. The van der Waals surface area contributed by atoms with E-state index in [-0.39, 0.29) is 23.2 Å². The van der Waals surface area contributed by atoms with E-state index in [4.69, 9.17) is 0 Å². The Hall–Kier alpha value is -2.41. The van der Waals surface area contributed by atoms with Crippen LogP contribution in [0.3, 0.4) is 0 Å². The fraction of sp³-hybridized carbons (Fsp3) is 0.500. The van der Waals surface area contributed by atoms with Gasteiger partial charge >= 0.3 is 0 Å². The lowest BCUT2D eigenvalue weighted by Gasteiger charge is -2.30. The SMILES string of the molecule is CCc1ccc(-c2nnc(N[C@@H]3CCCN(C)C3)c(=O)n2C)c(O)c1. The second-order valence-corrected chi connectivity index (χ2v) is 6.69. The van der Waals surface area contributed by atoms with Crippen LogP contribution in [-0.4, -0.2) is 50.9 Å². The minimum atomic E-state index is -0.239. The molecule has 0 aliphatic carbocycles. The molecule has 0 radical (unpaired) electrons. The van der Waals surface area contributed by atoms with Gasteiger partial charge in [0.25, 0.3) is 5.56 Å². The summed E-state index contributed by atoms with van der Waals surface area (Å²) in [5, 5.41) is 21.7. The Morgan fingerprint density at radius 3 is 2.80 bits per heavy atom. The summed E-state index contributed by atoms with van der Waals surface area (Å²) >= 11 is 0. The number of nitrogens with zero attached hydrogens (tertiary/aromatic N) is 4. The molecular formula is C18H25N5O2. The van der Waals surface area contributed by atoms with Crippen LogP contribution in [-0.2, 0) is 13.5 Å². The average molecular weight is 343 g/mol. The molecule has 0 unspecified atom stereocenters. The molecule has 134 valence electrons. The van der Waals surface area contributed by atoms with Crippen molar-refractivity contribution in [1.29, 1.82) is 0 Å². The summed E-state index contributed by atoms with van der Waals surface area (Å²) in [6, 6.07) is 5.60. The summed E-state index contributed by atoms with van der Waals surface area (Å²) in [6.45, 7) is 3.98. The number of hydrogen-bond donors (Lipinski definition) is 2. The maximum absolute atomic E-state index is 12.7. The Balaban J connectivity index is 1.89. The number of piperidine rings is 1. The molecule has 25 heavy (non-hydrogen) atoms. The lowest BCUT2D eigenvalue weighted by molar-refractivity contribution is 0.260. The predicted octanol–water partition coefficient (Wildman–Crippen LogP) is 1.62. The maximum Gasteiger partial charge on any atom is 0.296 e. The monoisotopic (exact) mass is 343 g/mol. The van der Waals surface area contributed by atoms with Crippen LogP contribution in [0.5, 0.6) is 5.75 Å². The number of aryl methyl sites for hydroxylation is 1. The Morgan fingerprint density at radius 2 is 2.12 bits per heavy atom. The van der Waals surface area contributed by atoms with Crippen LogP contribution in [0.1, 0.15) is 25.3 Å². The minimum absolute atomic E-state index is 0.110. The van der Waals surface area contributed by atoms with Crippen molar-refractivity contribution < 1.29 is 5.11 Å². The number of aromatic nitrogens is 3. The van der Waals surface area contributed by atoms with Gasteiger partial charge in [-0.3, -0.25) is 9.36 Å². The molecule has 0 bridgehead atoms. The number of benzene rings is 1. The summed E-state index contributed by atoms with van der Waals surface area (Å²) < 4.78 is 1.43. The first kappa shape index (κ1) is 17.4. The fourth-order valence-corrected chi connectivity index (χ4v) is 3.25. The molecule has 1 fully saturated rings. The molecule has 2 aromatic rings.